The number of hydrogen-bond acceptors (Lipinski definition) is 4. The Morgan fingerprint density at radius 2 is 1.15 bits per heavy atom. The molecule has 3 rings (SSSR count). The van der Waals surface area contributed by atoms with Crippen molar-refractivity contribution in [3.8, 4) is 0 Å². The van der Waals surface area contributed by atoms with E-state index in [1.807, 2.05) is 0 Å². The van der Waals surface area contributed by atoms with E-state index in [1.54, 1.807) is 36.4 Å². The molecular weight excluding hydrogens is 408 g/mol. The van der Waals surface area contributed by atoms with Crippen molar-refractivity contribution in [1.82, 2.24) is 0 Å². The maximum absolute atomic E-state index is 12.4. The van der Waals surface area contributed by atoms with E-state index >= 15 is 0 Å². The average Bonchev–Trinajstić information content (AvgIpc) is 2.62. The van der Waals surface area contributed by atoms with Crippen LogP contribution in [0.1, 0.15) is 0 Å². The van der Waals surface area contributed by atoms with Crippen LogP contribution in [0.4, 0.5) is 11.4 Å². The summed E-state index contributed by atoms with van der Waals surface area (Å²) in [6.45, 7) is 0. The van der Waals surface area contributed by atoms with E-state index in [2.05, 4.69) is 9.44 Å². The van der Waals surface area contributed by atoms with Crippen LogP contribution in [-0.2, 0) is 20.0 Å². The Labute approximate surface area is 162 Å². The van der Waals surface area contributed by atoms with Gasteiger partial charge in [0, 0.05) is 10.7 Å². The van der Waals surface area contributed by atoms with Crippen LogP contribution in [-0.4, -0.2) is 16.8 Å². The third-order valence-corrected chi connectivity index (χ3v) is 6.58. The highest BCUT2D eigenvalue weighted by atomic mass is 35.5. The van der Waals surface area contributed by atoms with Crippen molar-refractivity contribution in [2.75, 3.05) is 9.44 Å². The van der Waals surface area contributed by atoms with E-state index in [0.29, 0.717) is 10.7 Å². The van der Waals surface area contributed by atoms with Crippen LogP contribution < -0.4 is 9.44 Å². The van der Waals surface area contributed by atoms with Crippen LogP contribution in [0.5, 0.6) is 0 Å². The number of halogens is 1. The van der Waals surface area contributed by atoms with Crippen LogP contribution in [0.2, 0.25) is 5.02 Å². The summed E-state index contributed by atoms with van der Waals surface area (Å²) in [5.41, 5.74) is 0.580. The van der Waals surface area contributed by atoms with Gasteiger partial charge in [-0.2, -0.15) is 0 Å². The summed E-state index contributed by atoms with van der Waals surface area (Å²) in [5.74, 6) is 0. The second kappa shape index (κ2) is 7.59. The molecule has 0 aliphatic carbocycles. The minimum absolute atomic E-state index is 0.00913. The van der Waals surface area contributed by atoms with E-state index in [-0.39, 0.29) is 15.5 Å². The van der Waals surface area contributed by atoms with E-state index in [0.717, 1.165) is 0 Å². The first-order valence-corrected chi connectivity index (χ1v) is 11.1. The number of anilines is 2. The minimum Gasteiger partial charge on any atom is -0.280 e. The van der Waals surface area contributed by atoms with Gasteiger partial charge in [-0.25, -0.2) is 16.8 Å². The molecule has 3 aromatic rings. The molecule has 3 aromatic carbocycles. The van der Waals surface area contributed by atoms with Gasteiger partial charge in [0.2, 0.25) is 0 Å². The highest BCUT2D eigenvalue weighted by molar-refractivity contribution is 7.93. The summed E-state index contributed by atoms with van der Waals surface area (Å²) in [6, 6.07) is 19.6. The monoisotopic (exact) mass is 422 g/mol. The number of nitrogens with one attached hydrogen (secondary N) is 2. The van der Waals surface area contributed by atoms with Gasteiger partial charge in [0.05, 0.1) is 15.5 Å². The Bertz CT molecular complexity index is 1150. The molecule has 0 bridgehead atoms. The van der Waals surface area contributed by atoms with Crippen molar-refractivity contribution in [3.63, 3.8) is 0 Å². The Hall–Kier alpha value is -2.55. The van der Waals surface area contributed by atoms with E-state index in [4.69, 9.17) is 11.6 Å². The first-order valence-electron chi connectivity index (χ1n) is 7.73. The molecule has 9 heteroatoms. The molecule has 0 unspecified atom stereocenters. The average molecular weight is 423 g/mol. The Kier molecular flexibility index (Phi) is 5.41. The number of benzene rings is 3. The topological polar surface area (TPSA) is 92.3 Å². The minimum atomic E-state index is -3.83. The summed E-state index contributed by atoms with van der Waals surface area (Å²) < 4.78 is 54.3. The zero-order valence-corrected chi connectivity index (χ0v) is 16.2. The Morgan fingerprint density at radius 3 is 1.74 bits per heavy atom. The third kappa shape index (κ3) is 4.79. The first kappa shape index (κ1) is 19.2. The molecule has 0 spiro atoms. The smallest absolute Gasteiger partial charge is 0.261 e. The molecule has 0 saturated heterocycles. The normalized spacial score (nSPS) is 11.7. The molecule has 0 heterocycles. The predicted molar refractivity (Wildman–Crippen MR) is 106 cm³/mol. The second-order valence-electron chi connectivity index (χ2n) is 5.56. The first-order chi connectivity index (χ1) is 12.8. The summed E-state index contributed by atoms with van der Waals surface area (Å²) in [6.07, 6.45) is 0. The van der Waals surface area contributed by atoms with Crippen LogP contribution in [0.25, 0.3) is 0 Å². The fraction of sp³-hybridized carbons (Fsp3) is 0. The van der Waals surface area contributed by atoms with Crippen molar-refractivity contribution in [2.45, 2.75) is 9.79 Å². The van der Waals surface area contributed by atoms with Crippen molar-refractivity contribution in [1.29, 1.82) is 0 Å². The molecule has 2 N–H and O–H groups in total. The lowest BCUT2D eigenvalue weighted by Gasteiger charge is -2.10. The maximum atomic E-state index is 12.4. The maximum Gasteiger partial charge on any atom is 0.261 e. The zero-order valence-electron chi connectivity index (χ0n) is 13.8. The summed E-state index contributed by atoms with van der Waals surface area (Å²) >= 11 is 5.85. The van der Waals surface area contributed by atoms with E-state index < -0.39 is 20.0 Å². The van der Waals surface area contributed by atoms with Gasteiger partial charge in [-0.05, 0) is 54.6 Å². The van der Waals surface area contributed by atoms with Gasteiger partial charge < -0.3 is 0 Å². The van der Waals surface area contributed by atoms with Gasteiger partial charge in [0.15, 0.2) is 0 Å². The van der Waals surface area contributed by atoms with E-state index in [9.17, 15) is 16.8 Å². The highest BCUT2D eigenvalue weighted by Crippen LogP contribution is 2.22. The molecule has 0 atom stereocenters. The van der Waals surface area contributed by atoms with Crippen molar-refractivity contribution in [3.05, 3.63) is 83.9 Å². The van der Waals surface area contributed by atoms with E-state index in [1.165, 1.54) is 42.5 Å². The number of rotatable bonds is 6. The molecule has 0 amide bonds. The Balaban J connectivity index is 1.79. The molecule has 140 valence electrons. The highest BCUT2D eigenvalue weighted by Gasteiger charge is 2.16. The lowest BCUT2D eigenvalue weighted by molar-refractivity contribution is 0.600. The fourth-order valence-corrected chi connectivity index (χ4v) is 4.60. The molecule has 0 aliphatic rings. The zero-order chi connectivity index (χ0) is 19.5. The predicted octanol–water partition coefficient (Wildman–Crippen LogP) is 3.94. The quantitative estimate of drug-likeness (QED) is 0.629. The van der Waals surface area contributed by atoms with Crippen LogP contribution in [0.3, 0.4) is 0 Å². The molecule has 0 aliphatic heterocycles. The summed E-state index contributed by atoms with van der Waals surface area (Å²) in [7, 11) is -7.57. The van der Waals surface area contributed by atoms with Crippen LogP contribution >= 0.6 is 11.6 Å². The standard InChI is InChI=1S/C18H15ClN2O4S2/c19-14-5-4-6-16(13-14)21-27(24,25)18-11-9-15(10-12-18)20-26(22,23)17-7-2-1-3-8-17/h1-13,20-21H. The van der Waals surface area contributed by atoms with Crippen molar-refractivity contribution < 1.29 is 16.8 Å². The number of hydrogen-bond donors (Lipinski definition) is 2. The Morgan fingerprint density at radius 1 is 0.593 bits per heavy atom. The molecule has 0 saturated carbocycles. The van der Waals surface area contributed by atoms with Crippen molar-refractivity contribution >= 4 is 43.0 Å². The molecule has 0 radical (unpaired) electrons. The van der Waals surface area contributed by atoms with Crippen LogP contribution in [0, 0.1) is 0 Å². The van der Waals surface area contributed by atoms with Gasteiger partial charge in [0.1, 0.15) is 0 Å². The summed E-state index contributed by atoms with van der Waals surface area (Å²) in [5, 5.41) is 0.404. The lowest BCUT2D eigenvalue weighted by atomic mass is 10.3. The van der Waals surface area contributed by atoms with Crippen LogP contribution in [0.15, 0.2) is 88.7 Å². The van der Waals surface area contributed by atoms with Gasteiger partial charge in [0.25, 0.3) is 20.0 Å². The largest absolute Gasteiger partial charge is 0.280 e. The lowest BCUT2D eigenvalue weighted by Crippen LogP contribution is -2.14. The molecule has 0 fully saturated rings. The van der Waals surface area contributed by atoms with Gasteiger partial charge in [-0.1, -0.05) is 35.9 Å². The third-order valence-electron chi connectivity index (χ3n) is 3.55. The number of sulfonamides is 2. The van der Waals surface area contributed by atoms with Gasteiger partial charge in [-0.3, -0.25) is 9.44 Å². The van der Waals surface area contributed by atoms with Gasteiger partial charge >= 0.3 is 0 Å². The molecular formula is C18H15ClN2O4S2. The summed E-state index contributed by atoms with van der Waals surface area (Å²) in [4.78, 5) is 0.106. The SMILES string of the molecule is O=S(=O)(Nc1ccc(S(=O)(=O)Nc2cccc(Cl)c2)cc1)c1ccccc1. The second-order valence-corrected chi connectivity index (χ2v) is 9.36. The molecule has 27 heavy (non-hydrogen) atoms. The fourth-order valence-electron chi connectivity index (χ4n) is 2.28. The van der Waals surface area contributed by atoms with Gasteiger partial charge in [-0.15, -0.1) is 0 Å². The van der Waals surface area contributed by atoms with Crippen molar-refractivity contribution in [2.24, 2.45) is 0 Å². The molecule has 6 nitrogen and oxygen atoms in total. The molecule has 0 aromatic heterocycles.